The molecule has 34 heavy (non-hydrogen) atoms. The fourth-order valence-corrected chi connectivity index (χ4v) is 4.22. The van der Waals surface area contributed by atoms with Gasteiger partial charge in [0, 0.05) is 18.2 Å². The molecule has 7 nitrogen and oxygen atoms in total. The van der Waals surface area contributed by atoms with Crippen molar-refractivity contribution in [2.24, 2.45) is 5.92 Å². The van der Waals surface area contributed by atoms with E-state index in [2.05, 4.69) is 29.5 Å². The van der Waals surface area contributed by atoms with Gasteiger partial charge >= 0.3 is 0 Å². The zero-order chi connectivity index (χ0) is 24.7. The molecule has 2 N–H and O–H groups in total. The van der Waals surface area contributed by atoms with Crippen LogP contribution in [0.25, 0.3) is 10.9 Å². The maximum Gasteiger partial charge on any atom is 0.262 e. The Bertz CT molecular complexity index is 1200. The van der Waals surface area contributed by atoms with E-state index in [-0.39, 0.29) is 29.2 Å². The topological polar surface area (TPSA) is 93.1 Å². The highest BCUT2D eigenvalue weighted by Crippen LogP contribution is 2.19. The molecule has 0 bridgehead atoms. The highest BCUT2D eigenvalue weighted by Gasteiger charge is 2.14. The molecule has 0 aliphatic heterocycles. The SMILES string of the molecule is CC(C)CCNC(=O)c1ccc(Cn2c(SCC(=O)NC(C)C)nc3ccccc3c2=O)cc1. The van der Waals surface area contributed by atoms with Gasteiger partial charge in [-0.2, -0.15) is 0 Å². The van der Waals surface area contributed by atoms with E-state index in [4.69, 9.17) is 0 Å². The molecule has 0 fully saturated rings. The molecule has 1 heterocycles. The van der Waals surface area contributed by atoms with E-state index in [1.807, 2.05) is 38.1 Å². The van der Waals surface area contributed by atoms with Crippen LogP contribution in [-0.4, -0.2) is 39.7 Å². The lowest BCUT2D eigenvalue weighted by atomic mass is 10.1. The van der Waals surface area contributed by atoms with E-state index in [1.54, 1.807) is 28.8 Å². The number of para-hydroxylation sites is 1. The largest absolute Gasteiger partial charge is 0.353 e. The standard InChI is InChI=1S/C26H32N4O3S/c1-17(2)13-14-27-24(32)20-11-9-19(10-12-20)15-30-25(33)21-7-5-6-8-22(21)29-26(30)34-16-23(31)28-18(3)4/h5-12,17-18H,13-16H2,1-4H3,(H,27,32)(H,28,31). The van der Waals surface area contributed by atoms with E-state index in [9.17, 15) is 14.4 Å². The molecule has 3 aromatic rings. The van der Waals surface area contributed by atoms with Crippen molar-refractivity contribution in [3.8, 4) is 0 Å². The molecule has 0 saturated carbocycles. The molecule has 0 radical (unpaired) electrons. The van der Waals surface area contributed by atoms with E-state index >= 15 is 0 Å². The number of thioether (sulfide) groups is 1. The molecule has 0 aliphatic carbocycles. The first-order chi connectivity index (χ1) is 16.2. The van der Waals surface area contributed by atoms with Gasteiger partial charge in [0.2, 0.25) is 5.91 Å². The van der Waals surface area contributed by atoms with Gasteiger partial charge in [0.15, 0.2) is 5.16 Å². The number of hydrogen-bond acceptors (Lipinski definition) is 5. The van der Waals surface area contributed by atoms with Crippen molar-refractivity contribution in [2.75, 3.05) is 12.3 Å². The molecular weight excluding hydrogens is 448 g/mol. The minimum absolute atomic E-state index is 0.0425. The van der Waals surface area contributed by atoms with Gasteiger partial charge in [-0.1, -0.05) is 49.9 Å². The van der Waals surface area contributed by atoms with E-state index in [1.165, 1.54) is 11.8 Å². The number of amides is 2. The second-order valence-electron chi connectivity index (χ2n) is 8.95. The van der Waals surface area contributed by atoms with Crippen LogP contribution in [0.4, 0.5) is 0 Å². The minimum atomic E-state index is -0.159. The second-order valence-corrected chi connectivity index (χ2v) is 9.89. The summed E-state index contributed by atoms with van der Waals surface area (Å²) in [5.74, 6) is 0.476. The first-order valence-corrected chi connectivity index (χ1v) is 12.5. The Hall–Kier alpha value is -3.13. The smallest absolute Gasteiger partial charge is 0.262 e. The number of aromatic nitrogens is 2. The Labute approximate surface area is 204 Å². The summed E-state index contributed by atoms with van der Waals surface area (Å²) in [5.41, 5.74) is 1.89. The molecule has 0 atom stereocenters. The third-order valence-corrected chi connectivity index (χ3v) is 6.15. The molecule has 0 spiro atoms. The zero-order valence-corrected chi connectivity index (χ0v) is 20.9. The Morgan fingerprint density at radius 3 is 2.41 bits per heavy atom. The molecule has 0 saturated heterocycles. The molecule has 3 rings (SSSR count). The summed E-state index contributed by atoms with van der Waals surface area (Å²) in [7, 11) is 0. The third-order valence-electron chi connectivity index (χ3n) is 5.17. The number of rotatable bonds is 10. The molecule has 180 valence electrons. The maximum absolute atomic E-state index is 13.3. The number of carbonyl (C=O) groups excluding carboxylic acids is 2. The summed E-state index contributed by atoms with van der Waals surface area (Å²) >= 11 is 1.24. The quantitative estimate of drug-likeness (QED) is 0.340. The molecule has 1 aromatic heterocycles. The van der Waals surface area contributed by atoms with E-state index in [0.717, 1.165) is 12.0 Å². The molecule has 0 aliphatic rings. The van der Waals surface area contributed by atoms with Crippen molar-refractivity contribution < 1.29 is 9.59 Å². The first-order valence-electron chi connectivity index (χ1n) is 11.5. The Morgan fingerprint density at radius 1 is 1.03 bits per heavy atom. The number of hydrogen-bond donors (Lipinski definition) is 2. The average Bonchev–Trinajstić information content (AvgIpc) is 2.79. The normalized spacial score (nSPS) is 11.2. The average molecular weight is 481 g/mol. The predicted molar refractivity (Wildman–Crippen MR) is 137 cm³/mol. The van der Waals surface area contributed by atoms with Crippen LogP contribution in [0.2, 0.25) is 0 Å². The Kier molecular flexibility index (Phi) is 8.87. The van der Waals surface area contributed by atoms with Crippen molar-refractivity contribution in [2.45, 2.75) is 51.9 Å². The highest BCUT2D eigenvalue weighted by molar-refractivity contribution is 7.99. The summed E-state index contributed by atoms with van der Waals surface area (Å²) in [6.45, 7) is 8.98. The summed E-state index contributed by atoms with van der Waals surface area (Å²) in [5, 5.41) is 6.80. The van der Waals surface area contributed by atoms with Crippen molar-refractivity contribution in [3.63, 3.8) is 0 Å². The zero-order valence-electron chi connectivity index (χ0n) is 20.1. The number of nitrogens with zero attached hydrogens (tertiary/aromatic N) is 2. The van der Waals surface area contributed by atoms with Crippen molar-refractivity contribution in [1.29, 1.82) is 0 Å². The van der Waals surface area contributed by atoms with E-state index in [0.29, 0.717) is 40.6 Å². The van der Waals surface area contributed by atoms with Crippen LogP contribution in [0, 0.1) is 5.92 Å². The number of nitrogens with one attached hydrogen (secondary N) is 2. The molecule has 8 heteroatoms. The van der Waals surface area contributed by atoms with Crippen LogP contribution >= 0.6 is 11.8 Å². The number of carbonyl (C=O) groups is 2. The second kappa shape index (κ2) is 11.8. The Morgan fingerprint density at radius 2 is 1.74 bits per heavy atom. The van der Waals surface area contributed by atoms with Gasteiger partial charge in [0.1, 0.15) is 0 Å². The van der Waals surface area contributed by atoms with Gasteiger partial charge in [0.25, 0.3) is 11.5 Å². The van der Waals surface area contributed by atoms with E-state index < -0.39 is 0 Å². The van der Waals surface area contributed by atoms with Crippen molar-refractivity contribution >= 4 is 34.5 Å². The van der Waals surface area contributed by atoms with Gasteiger partial charge in [-0.15, -0.1) is 0 Å². The van der Waals surface area contributed by atoms with Crippen molar-refractivity contribution in [1.82, 2.24) is 20.2 Å². The highest BCUT2D eigenvalue weighted by atomic mass is 32.2. The molecule has 2 aromatic carbocycles. The third kappa shape index (κ3) is 6.93. The van der Waals surface area contributed by atoms with Gasteiger partial charge in [0.05, 0.1) is 23.2 Å². The lowest BCUT2D eigenvalue weighted by molar-refractivity contribution is -0.119. The predicted octanol–water partition coefficient (Wildman–Crippen LogP) is 3.84. The first kappa shape index (κ1) is 25.5. The summed E-state index contributed by atoms with van der Waals surface area (Å²) in [4.78, 5) is 42.5. The lowest BCUT2D eigenvalue weighted by Gasteiger charge is -2.14. The minimum Gasteiger partial charge on any atom is -0.353 e. The van der Waals surface area contributed by atoms with Crippen LogP contribution < -0.4 is 16.2 Å². The van der Waals surface area contributed by atoms with Gasteiger partial charge < -0.3 is 10.6 Å². The van der Waals surface area contributed by atoms with Crippen LogP contribution in [0.3, 0.4) is 0 Å². The van der Waals surface area contributed by atoms with Crippen LogP contribution in [0.15, 0.2) is 58.5 Å². The molecular formula is C26H32N4O3S. The summed E-state index contributed by atoms with van der Waals surface area (Å²) < 4.78 is 1.59. The van der Waals surface area contributed by atoms with Gasteiger partial charge in [-0.3, -0.25) is 19.0 Å². The Balaban J connectivity index is 1.82. The number of fused-ring (bicyclic) bond motifs is 1. The molecule has 0 unspecified atom stereocenters. The monoisotopic (exact) mass is 480 g/mol. The van der Waals surface area contributed by atoms with Gasteiger partial charge in [-0.05, 0) is 56.0 Å². The van der Waals surface area contributed by atoms with Crippen LogP contribution in [0.5, 0.6) is 0 Å². The summed E-state index contributed by atoms with van der Waals surface area (Å²) in [6, 6.07) is 14.5. The maximum atomic E-state index is 13.3. The van der Waals surface area contributed by atoms with Crippen LogP contribution in [0.1, 0.15) is 50.0 Å². The lowest BCUT2D eigenvalue weighted by Crippen LogP contribution is -2.32. The summed E-state index contributed by atoms with van der Waals surface area (Å²) in [6.07, 6.45) is 0.928. The van der Waals surface area contributed by atoms with Crippen LogP contribution in [-0.2, 0) is 11.3 Å². The van der Waals surface area contributed by atoms with Crippen molar-refractivity contribution in [3.05, 3.63) is 70.0 Å². The number of benzene rings is 2. The molecule has 2 amide bonds. The fourth-order valence-electron chi connectivity index (χ4n) is 3.41. The fraction of sp³-hybridized carbons (Fsp3) is 0.385. The van der Waals surface area contributed by atoms with Gasteiger partial charge in [-0.25, -0.2) is 4.98 Å².